The van der Waals surface area contributed by atoms with Gasteiger partial charge in [0.15, 0.2) is 0 Å². The number of carbonyl (C=O) groups excluding carboxylic acids is 2. The molecule has 5 heteroatoms. The highest BCUT2D eigenvalue weighted by atomic mass is 16.6. The highest BCUT2D eigenvalue weighted by Gasteiger charge is 2.30. The Balaban J connectivity index is 2.21. The van der Waals surface area contributed by atoms with Gasteiger partial charge < -0.3 is 15.4 Å². The molecule has 5 nitrogen and oxygen atoms in total. The molecule has 2 N–H and O–H groups in total. The Kier molecular flexibility index (Phi) is 6.84. The smallest absolute Gasteiger partial charge is 0.408 e. The van der Waals surface area contributed by atoms with E-state index in [1.165, 1.54) is 0 Å². The van der Waals surface area contributed by atoms with Crippen LogP contribution in [0.5, 0.6) is 0 Å². The Bertz CT molecular complexity index is 846. The van der Waals surface area contributed by atoms with Crippen LogP contribution in [0, 0.1) is 12.3 Å². The number of rotatable bonds is 5. The number of benzene rings is 2. The van der Waals surface area contributed by atoms with Gasteiger partial charge in [0, 0.05) is 17.2 Å². The molecule has 2 aromatic rings. The molecule has 2 rings (SSSR count). The summed E-state index contributed by atoms with van der Waals surface area (Å²) in [5.41, 5.74) is 1.59. The van der Waals surface area contributed by atoms with Gasteiger partial charge in [-0.2, -0.15) is 0 Å². The van der Waals surface area contributed by atoms with E-state index in [2.05, 4.69) is 16.6 Å². The molecule has 0 bridgehead atoms. The first kappa shape index (κ1) is 21.0. The largest absolute Gasteiger partial charge is 0.444 e. The number of alkyl carbamates (subject to hydrolysis) is 1. The topological polar surface area (TPSA) is 67.4 Å². The van der Waals surface area contributed by atoms with Crippen LogP contribution in [0.15, 0.2) is 54.6 Å². The van der Waals surface area contributed by atoms with Gasteiger partial charge in [0.05, 0.1) is 0 Å². The third-order valence-electron chi connectivity index (χ3n) is 4.10. The number of hydrogen-bond donors (Lipinski definition) is 2. The van der Waals surface area contributed by atoms with Crippen molar-refractivity contribution in [3.05, 3.63) is 65.7 Å². The van der Waals surface area contributed by atoms with Crippen LogP contribution < -0.4 is 10.6 Å². The summed E-state index contributed by atoms with van der Waals surface area (Å²) >= 11 is 0. The Morgan fingerprint density at radius 3 is 2.18 bits per heavy atom. The Labute approximate surface area is 166 Å². The zero-order chi connectivity index (χ0) is 20.7. The number of terminal acetylenes is 1. The van der Waals surface area contributed by atoms with E-state index >= 15 is 0 Å². The lowest BCUT2D eigenvalue weighted by atomic mass is 9.92. The van der Waals surface area contributed by atoms with Crippen molar-refractivity contribution in [2.24, 2.45) is 0 Å². The minimum Gasteiger partial charge on any atom is -0.444 e. The Morgan fingerprint density at radius 1 is 1.04 bits per heavy atom. The molecule has 2 aromatic carbocycles. The van der Waals surface area contributed by atoms with E-state index in [1.54, 1.807) is 45.0 Å². The molecule has 0 saturated heterocycles. The SMILES string of the molecule is C#Cc1ccc(NC(=O)[C@@H](NC(=O)OC(C)(C)C)[C@@H](C)c2ccccc2)cc1. The number of ether oxygens (including phenoxy) is 1. The second-order valence-electron chi connectivity index (χ2n) is 7.53. The van der Waals surface area contributed by atoms with E-state index in [9.17, 15) is 9.59 Å². The van der Waals surface area contributed by atoms with Crippen LogP contribution in [-0.2, 0) is 9.53 Å². The van der Waals surface area contributed by atoms with E-state index < -0.39 is 17.7 Å². The fraction of sp³-hybridized carbons (Fsp3) is 0.304. The van der Waals surface area contributed by atoms with Gasteiger partial charge in [-0.05, 0) is 50.6 Å². The van der Waals surface area contributed by atoms with Crippen LogP contribution in [0.2, 0.25) is 0 Å². The molecular weight excluding hydrogens is 352 g/mol. The number of amides is 2. The van der Waals surface area contributed by atoms with E-state index in [1.807, 2.05) is 37.3 Å². The van der Waals surface area contributed by atoms with Crippen LogP contribution >= 0.6 is 0 Å². The second kappa shape index (κ2) is 9.09. The summed E-state index contributed by atoms with van der Waals surface area (Å²) in [6.45, 7) is 7.21. The summed E-state index contributed by atoms with van der Waals surface area (Å²) in [6.07, 6.45) is 4.72. The van der Waals surface area contributed by atoms with Crippen molar-refractivity contribution in [2.75, 3.05) is 5.32 Å². The average molecular weight is 378 g/mol. The van der Waals surface area contributed by atoms with E-state index in [-0.39, 0.29) is 11.8 Å². The lowest BCUT2D eigenvalue weighted by Gasteiger charge is -2.27. The van der Waals surface area contributed by atoms with Crippen molar-refractivity contribution in [1.29, 1.82) is 0 Å². The lowest BCUT2D eigenvalue weighted by Crippen LogP contribution is -2.48. The first-order chi connectivity index (χ1) is 13.2. The summed E-state index contributed by atoms with van der Waals surface area (Å²) in [5, 5.41) is 5.54. The molecule has 0 radical (unpaired) electrons. The highest BCUT2D eigenvalue weighted by molar-refractivity contribution is 5.97. The summed E-state index contributed by atoms with van der Waals surface area (Å²) in [5.74, 6) is 1.93. The summed E-state index contributed by atoms with van der Waals surface area (Å²) < 4.78 is 5.33. The van der Waals surface area contributed by atoms with Gasteiger partial charge >= 0.3 is 6.09 Å². The normalized spacial score (nSPS) is 13.0. The van der Waals surface area contributed by atoms with Gasteiger partial charge in [-0.25, -0.2) is 4.79 Å². The van der Waals surface area contributed by atoms with Crippen LogP contribution in [-0.4, -0.2) is 23.6 Å². The van der Waals surface area contributed by atoms with Crippen molar-refractivity contribution in [2.45, 2.75) is 45.3 Å². The van der Waals surface area contributed by atoms with Crippen LogP contribution in [0.3, 0.4) is 0 Å². The van der Waals surface area contributed by atoms with Crippen molar-refractivity contribution < 1.29 is 14.3 Å². The monoisotopic (exact) mass is 378 g/mol. The fourth-order valence-corrected chi connectivity index (χ4v) is 2.67. The molecule has 0 aromatic heterocycles. The predicted octanol–water partition coefficient (Wildman–Crippen LogP) is 4.30. The van der Waals surface area contributed by atoms with Crippen molar-refractivity contribution in [3.63, 3.8) is 0 Å². The first-order valence-electron chi connectivity index (χ1n) is 9.11. The second-order valence-corrected chi connectivity index (χ2v) is 7.53. The zero-order valence-electron chi connectivity index (χ0n) is 16.7. The van der Waals surface area contributed by atoms with Crippen LogP contribution in [0.4, 0.5) is 10.5 Å². The van der Waals surface area contributed by atoms with Crippen LogP contribution in [0.1, 0.15) is 44.7 Å². The molecule has 2 atom stereocenters. The molecule has 0 spiro atoms. The molecule has 0 aliphatic rings. The Morgan fingerprint density at radius 2 is 1.64 bits per heavy atom. The van der Waals surface area contributed by atoms with Gasteiger partial charge in [-0.1, -0.05) is 43.2 Å². The number of anilines is 1. The maximum absolute atomic E-state index is 13.0. The highest BCUT2D eigenvalue weighted by Crippen LogP contribution is 2.21. The van der Waals surface area contributed by atoms with Crippen molar-refractivity contribution in [3.8, 4) is 12.3 Å². The molecule has 0 fully saturated rings. The summed E-state index contributed by atoms with van der Waals surface area (Å²) in [4.78, 5) is 25.3. The third-order valence-corrected chi connectivity index (χ3v) is 4.10. The van der Waals surface area contributed by atoms with Crippen molar-refractivity contribution >= 4 is 17.7 Å². The van der Waals surface area contributed by atoms with Gasteiger partial charge in [0.1, 0.15) is 11.6 Å². The van der Waals surface area contributed by atoms with Gasteiger partial charge in [-0.15, -0.1) is 6.42 Å². The maximum atomic E-state index is 13.0. The molecule has 28 heavy (non-hydrogen) atoms. The molecule has 0 heterocycles. The average Bonchev–Trinajstić information content (AvgIpc) is 2.65. The summed E-state index contributed by atoms with van der Waals surface area (Å²) in [6, 6.07) is 15.7. The molecule has 2 amide bonds. The first-order valence-corrected chi connectivity index (χ1v) is 9.11. The molecule has 0 saturated carbocycles. The standard InChI is InChI=1S/C23H26N2O3/c1-6-17-12-14-19(15-13-17)24-21(26)20(25-22(27)28-23(3,4)5)16(2)18-10-8-7-9-11-18/h1,7-16,20H,2-5H3,(H,24,26)(H,25,27)/t16-,20-/m0/s1. The molecular formula is C23H26N2O3. The predicted molar refractivity (Wildman–Crippen MR) is 111 cm³/mol. The van der Waals surface area contributed by atoms with E-state index in [4.69, 9.17) is 11.2 Å². The third kappa shape index (κ3) is 6.17. The molecule has 146 valence electrons. The van der Waals surface area contributed by atoms with Gasteiger partial charge in [0.2, 0.25) is 5.91 Å². The number of hydrogen-bond acceptors (Lipinski definition) is 3. The van der Waals surface area contributed by atoms with E-state index in [0.29, 0.717) is 5.69 Å². The minimum absolute atomic E-state index is 0.265. The zero-order valence-corrected chi connectivity index (χ0v) is 16.7. The van der Waals surface area contributed by atoms with Gasteiger partial charge in [0.25, 0.3) is 0 Å². The number of nitrogens with one attached hydrogen (secondary N) is 2. The maximum Gasteiger partial charge on any atom is 0.408 e. The fourth-order valence-electron chi connectivity index (χ4n) is 2.67. The van der Waals surface area contributed by atoms with Crippen molar-refractivity contribution in [1.82, 2.24) is 5.32 Å². The molecule has 0 aliphatic carbocycles. The molecule has 0 unspecified atom stereocenters. The van der Waals surface area contributed by atoms with Crippen LogP contribution in [0.25, 0.3) is 0 Å². The van der Waals surface area contributed by atoms with E-state index in [0.717, 1.165) is 11.1 Å². The minimum atomic E-state index is -0.815. The summed E-state index contributed by atoms with van der Waals surface area (Å²) in [7, 11) is 0. The number of carbonyl (C=O) groups is 2. The quantitative estimate of drug-likeness (QED) is 0.762. The molecule has 0 aliphatic heterocycles. The van der Waals surface area contributed by atoms with Gasteiger partial charge in [-0.3, -0.25) is 4.79 Å². The Hall–Kier alpha value is -3.26. The lowest BCUT2D eigenvalue weighted by molar-refractivity contribution is -0.118.